The quantitative estimate of drug-likeness (QED) is 0.531. The van der Waals surface area contributed by atoms with Crippen molar-refractivity contribution < 1.29 is 4.79 Å². The first-order chi connectivity index (χ1) is 13.7. The van der Waals surface area contributed by atoms with Gasteiger partial charge in [-0.25, -0.2) is 9.79 Å². The predicted octanol–water partition coefficient (Wildman–Crippen LogP) is 3.57. The van der Waals surface area contributed by atoms with Crippen LogP contribution < -0.4 is 16.0 Å². The third-order valence-electron chi connectivity index (χ3n) is 4.64. The minimum atomic E-state index is -0.0176. The Bertz CT molecular complexity index is 785. The topological polar surface area (TPSA) is 68.8 Å². The van der Waals surface area contributed by atoms with Crippen LogP contribution in [0.4, 0.5) is 10.5 Å². The van der Waals surface area contributed by atoms with E-state index in [2.05, 4.69) is 33.1 Å². The Hall–Kier alpha value is -3.02. The molecule has 1 heterocycles. The summed E-state index contributed by atoms with van der Waals surface area (Å²) in [4.78, 5) is 18.8. The lowest BCUT2D eigenvalue weighted by Gasteiger charge is -2.16. The largest absolute Gasteiger partial charge is 0.357 e. The zero-order chi connectivity index (χ0) is 19.6. The first kappa shape index (κ1) is 19.7. The fraction of sp³-hybridized carbons (Fsp3) is 0.364. The van der Waals surface area contributed by atoms with Crippen molar-refractivity contribution in [2.45, 2.75) is 32.9 Å². The van der Waals surface area contributed by atoms with Crippen LogP contribution in [0.3, 0.4) is 0 Å². The lowest BCUT2D eigenvalue weighted by Crippen LogP contribution is -2.36. The molecule has 2 aromatic rings. The molecule has 6 heteroatoms. The van der Waals surface area contributed by atoms with E-state index in [1.54, 1.807) is 0 Å². The van der Waals surface area contributed by atoms with Gasteiger partial charge < -0.3 is 20.9 Å². The summed E-state index contributed by atoms with van der Waals surface area (Å²) in [5.41, 5.74) is 3.07. The van der Waals surface area contributed by atoms with E-state index in [1.807, 2.05) is 54.3 Å². The summed E-state index contributed by atoms with van der Waals surface area (Å²) < 4.78 is 0. The molecular weight excluding hydrogens is 350 g/mol. The van der Waals surface area contributed by atoms with Gasteiger partial charge in [0.1, 0.15) is 0 Å². The maximum absolute atomic E-state index is 12.3. The van der Waals surface area contributed by atoms with Crippen LogP contribution in [0.5, 0.6) is 0 Å². The molecule has 1 saturated heterocycles. The van der Waals surface area contributed by atoms with Gasteiger partial charge in [0, 0.05) is 31.9 Å². The smallest absolute Gasteiger partial charge is 0.321 e. The maximum atomic E-state index is 12.3. The van der Waals surface area contributed by atoms with Gasteiger partial charge in [0.25, 0.3) is 0 Å². The molecule has 148 valence electrons. The Balaban J connectivity index is 1.58. The van der Waals surface area contributed by atoms with Gasteiger partial charge in [0.05, 0.1) is 6.54 Å². The first-order valence-electron chi connectivity index (χ1n) is 9.95. The normalized spacial score (nSPS) is 14.0. The number of anilines is 1. The highest BCUT2D eigenvalue weighted by Gasteiger charge is 2.17. The molecule has 28 heavy (non-hydrogen) atoms. The van der Waals surface area contributed by atoms with E-state index in [1.165, 1.54) is 5.56 Å². The van der Waals surface area contributed by atoms with Crippen molar-refractivity contribution >= 4 is 17.7 Å². The fourth-order valence-electron chi connectivity index (χ4n) is 3.16. The van der Waals surface area contributed by atoms with Crippen LogP contribution in [0.25, 0.3) is 0 Å². The molecule has 1 aliphatic heterocycles. The van der Waals surface area contributed by atoms with Crippen molar-refractivity contribution in [2.24, 2.45) is 4.99 Å². The van der Waals surface area contributed by atoms with Crippen LogP contribution >= 0.6 is 0 Å². The van der Waals surface area contributed by atoms with Gasteiger partial charge in [-0.1, -0.05) is 42.5 Å². The Morgan fingerprint density at radius 3 is 2.50 bits per heavy atom. The second kappa shape index (κ2) is 10.3. The van der Waals surface area contributed by atoms with Crippen LogP contribution in [-0.4, -0.2) is 36.5 Å². The van der Waals surface area contributed by atoms with Crippen molar-refractivity contribution in [1.82, 2.24) is 15.5 Å². The second-order valence-electron chi connectivity index (χ2n) is 6.86. The molecule has 0 aliphatic carbocycles. The van der Waals surface area contributed by atoms with Crippen molar-refractivity contribution in [3.8, 4) is 0 Å². The molecule has 0 atom stereocenters. The average Bonchev–Trinajstić information content (AvgIpc) is 3.26. The number of hydrogen-bond acceptors (Lipinski definition) is 2. The monoisotopic (exact) mass is 379 g/mol. The standard InChI is InChI=1S/C22H29N5O/c1-2-23-21(24-16-18-9-4-3-5-10-18)25-17-19-11-8-12-20(15-19)26-22(28)27-13-6-7-14-27/h3-5,8-12,15H,2,6-7,13-14,16-17H2,1H3,(H,26,28)(H2,23,24,25). The molecule has 0 unspecified atom stereocenters. The van der Waals surface area contributed by atoms with Gasteiger partial charge in [-0.05, 0) is 43.0 Å². The number of nitrogens with one attached hydrogen (secondary N) is 3. The molecule has 0 bridgehead atoms. The summed E-state index contributed by atoms with van der Waals surface area (Å²) in [6.45, 7) is 5.79. The highest BCUT2D eigenvalue weighted by atomic mass is 16.2. The Labute approximate surface area is 167 Å². The Morgan fingerprint density at radius 2 is 1.75 bits per heavy atom. The number of rotatable bonds is 6. The number of urea groups is 1. The lowest BCUT2D eigenvalue weighted by molar-refractivity contribution is 0.222. The number of likely N-dealkylation sites (tertiary alicyclic amines) is 1. The predicted molar refractivity (Wildman–Crippen MR) is 114 cm³/mol. The maximum Gasteiger partial charge on any atom is 0.321 e. The molecule has 1 aliphatic rings. The Morgan fingerprint density at radius 1 is 1.00 bits per heavy atom. The van der Waals surface area contributed by atoms with Crippen LogP contribution in [0.1, 0.15) is 30.9 Å². The highest BCUT2D eigenvalue weighted by Crippen LogP contribution is 2.14. The zero-order valence-electron chi connectivity index (χ0n) is 16.4. The highest BCUT2D eigenvalue weighted by molar-refractivity contribution is 5.89. The molecule has 1 fully saturated rings. The van der Waals surface area contributed by atoms with Crippen LogP contribution in [0, 0.1) is 0 Å². The number of carbonyl (C=O) groups is 1. The molecule has 0 radical (unpaired) electrons. The number of aliphatic imine (C=N–C) groups is 1. The number of benzene rings is 2. The van der Waals surface area contributed by atoms with E-state index in [0.717, 1.165) is 56.2 Å². The SMILES string of the molecule is CCNC(=NCc1cccc(NC(=O)N2CCCC2)c1)NCc1ccccc1. The van der Waals surface area contributed by atoms with Gasteiger partial charge >= 0.3 is 6.03 Å². The minimum absolute atomic E-state index is 0.0176. The van der Waals surface area contributed by atoms with Gasteiger partial charge in [-0.3, -0.25) is 0 Å². The second-order valence-corrected chi connectivity index (χ2v) is 6.86. The van der Waals surface area contributed by atoms with Crippen molar-refractivity contribution in [3.05, 3.63) is 65.7 Å². The van der Waals surface area contributed by atoms with E-state index in [0.29, 0.717) is 6.54 Å². The molecule has 3 N–H and O–H groups in total. The third-order valence-corrected chi connectivity index (χ3v) is 4.64. The molecule has 2 aromatic carbocycles. The summed E-state index contributed by atoms with van der Waals surface area (Å²) in [6, 6.07) is 18.1. The van der Waals surface area contributed by atoms with Gasteiger partial charge in [0.15, 0.2) is 5.96 Å². The lowest BCUT2D eigenvalue weighted by atomic mass is 10.2. The van der Waals surface area contributed by atoms with Gasteiger partial charge in [0.2, 0.25) is 0 Å². The van der Waals surface area contributed by atoms with Crippen LogP contribution in [-0.2, 0) is 13.1 Å². The van der Waals surface area contributed by atoms with E-state index in [-0.39, 0.29) is 6.03 Å². The van der Waals surface area contributed by atoms with Crippen LogP contribution in [0.15, 0.2) is 59.6 Å². The molecule has 6 nitrogen and oxygen atoms in total. The zero-order valence-corrected chi connectivity index (χ0v) is 16.4. The number of amides is 2. The molecule has 0 spiro atoms. The van der Waals surface area contributed by atoms with Crippen molar-refractivity contribution in [3.63, 3.8) is 0 Å². The average molecular weight is 380 g/mol. The van der Waals surface area contributed by atoms with E-state index < -0.39 is 0 Å². The van der Waals surface area contributed by atoms with E-state index in [4.69, 9.17) is 0 Å². The number of nitrogens with zero attached hydrogens (tertiary/aromatic N) is 2. The van der Waals surface area contributed by atoms with Crippen LogP contribution in [0.2, 0.25) is 0 Å². The van der Waals surface area contributed by atoms with Gasteiger partial charge in [-0.15, -0.1) is 0 Å². The summed E-state index contributed by atoms with van der Waals surface area (Å²) in [6.07, 6.45) is 2.18. The number of carbonyl (C=O) groups excluding carboxylic acids is 1. The first-order valence-corrected chi connectivity index (χ1v) is 9.95. The Kier molecular flexibility index (Phi) is 7.29. The summed E-state index contributed by atoms with van der Waals surface area (Å²) in [5.74, 6) is 0.776. The molecular formula is C22H29N5O. The van der Waals surface area contributed by atoms with E-state index in [9.17, 15) is 4.79 Å². The van der Waals surface area contributed by atoms with E-state index >= 15 is 0 Å². The summed E-state index contributed by atoms with van der Waals surface area (Å²) >= 11 is 0. The summed E-state index contributed by atoms with van der Waals surface area (Å²) in [7, 11) is 0. The van der Waals surface area contributed by atoms with Crippen molar-refractivity contribution in [1.29, 1.82) is 0 Å². The summed E-state index contributed by atoms with van der Waals surface area (Å²) in [5, 5.41) is 9.61. The number of hydrogen-bond donors (Lipinski definition) is 3. The third kappa shape index (κ3) is 6.01. The fourth-order valence-corrected chi connectivity index (χ4v) is 3.16. The molecule has 3 rings (SSSR count). The molecule has 0 aromatic heterocycles. The van der Waals surface area contributed by atoms with Gasteiger partial charge in [-0.2, -0.15) is 0 Å². The number of guanidine groups is 1. The molecule has 0 saturated carbocycles. The molecule has 2 amide bonds. The minimum Gasteiger partial charge on any atom is -0.357 e. The van der Waals surface area contributed by atoms with Crippen molar-refractivity contribution in [2.75, 3.05) is 25.0 Å².